The van der Waals surface area contributed by atoms with E-state index in [1.54, 1.807) is 6.08 Å². The number of cyclic esters (lactones) is 1. The molecule has 1 aliphatic rings. The Labute approximate surface area is 102 Å². The molecular weight excluding hydrogens is 220 g/mol. The molecule has 0 aromatic heterocycles. The molecule has 2 N–H and O–H groups in total. The molecular formula is C13H20O4. The van der Waals surface area contributed by atoms with Crippen molar-refractivity contribution in [2.75, 3.05) is 6.61 Å². The van der Waals surface area contributed by atoms with Gasteiger partial charge in [0.25, 0.3) is 0 Å². The summed E-state index contributed by atoms with van der Waals surface area (Å²) in [5.74, 6) is -0.320. The van der Waals surface area contributed by atoms with Crippen molar-refractivity contribution < 1.29 is 19.7 Å². The lowest BCUT2D eigenvalue weighted by Crippen LogP contribution is -2.19. The van der Waals surface area contributed by atoms with Gasteiger partial charge in [-0.15, -0.1) is 0 Å². The van der Waals surface area contributed by atoms with Gasteiger partial charge in [0.2, 0.25) is 0 Å². The molecule has 0 saturated carbocycles. The maximum Gasteiger partial charge on any atom is 0.342 e. The van der Waals surface area contributed by atoms with Gasteiger partial charge in [-0.25, -0.2) is 4.79 Å². The Morgan fingerprint density at radius 1 is 1.59 bits per heavy atom. The number of hydrogen-bond acceptors (Lipinski definition) is 4. The molecule has 1 rings (SSSR count). The summed E-state index contributed by atoms with van der Waals surface area (Å²) in [7, 11) is 0. The van der Waals surface area contributed by atoms with Gasteiger partial charge in [-0.05, 0) is 17.8 Å². The van der Waals surface area contributed by atoms with E-state index in [9.17, 15) is 9.90 Å². The molecule has 1 heterocycles. The molecule has 0 spiro atoms. The molecule has 1 fully saturated rings. The van der Waals surface area contributed by atoms with Crippen LogP contribution < -0.4 is 0 Å². The van der Waals surface area contributed by atoms with E-state index in [1.807, 2.05) is 20.8 Å². The topological polar surface area (TPSA) is 66.8 Å². The normalized spacial score (nSPS) is 25.2. The maximum atomic E-state index is 11.5. The van der Waals surface area contributed by atoms with Crippen LogP contribution in [0.3, 0.4) is 0 Å². The van der Waals surface area contributed by atoms with Crippen LogP contribution in [-0.4, -0.2) is 28.9 Å². The minimum Gasteiger partial charge on any atom is -0.425 e. The second-order valence-electron chi connectivity index (χ2n) is 5.34. The Morgan fingerprint density at radius 3 is 2.59 bits per heavy atom. The number of allylic oxidation sites excluding steroid dienone is 1. The van der Waals surface area contributed by atoms with E-state index in [1.165, 1.54) is 0 Å². The minimum absolute atomic E-state index is 0.0762. The molecule has 1 aliphatic heterocycles. The molecule has 0 aliphatic carbocycles. The zero-order chi connectivity index (χ0) is 13.2. The highest BCUT2D eigenvalue weighted by atomic mass is 16.6. The Morgan fingerprint density at radius 2 is 2.18 bits per heavy atom. The molecule has 0 aromatic carbocycles. The van der Waals surface area contributed by atoms with Crippen molar-refractivity contribution in [1.29, 1.82) is 0 Å². The number of ether oxygens (including phenoxy) is 1. The molecule has 17 heavy (non-hydrogen) atoms. The second-order valence-corrected chi connectivity index (χ2v) is 5.34. The first-order chi connectivity index (χ1) is 7.76. The van der Waals surface area contributed by atoms with E-state index >= 15 is 0 Å². The fourth-order valence-corrected chi connectivity index (χ4v) is 2.10. The third-order valence-corrected chi connectivity index (χ3v) is 2.79. The van der Waals surface area contributed by atoms with Crippen molar-refractivity contribution in [3.8, 4) is 0 Å². The number of esters is 1. The first kappa shape index (κ1) is 13.9. The number of carbonyl (C=O) groups excluding carboxylic acids is 1. The Balaban J connectivity index is 2.86. The first-order valence-corrected chi connectivity index (χ1v) is 5.69. The highest BCUT2D eigenvalue weighted by molar-refractivity contribution is 5.94. The van der Waals surface area contributed by atoms with Crippen LogP contribution >= 0.6 is 0 Å². The lowest BCUT2D eigenvalue weighted by molar-refractivity contribution is -0.132. The fourth-order valence-electron chi connectivity index (χ4n) is 2.10. The van der Waals surface area contributed by atoms with Crippen LogP contribution in [0.15, 0.2) is 24.0 Å². The molecule has 4 nitrogen and oxygen atoms in total. The van der Waals surface area contributed by atoms with Crippen molar-refractivity contribution in [3.05, 3.63) is 24.0 Å². The number of rotatable bonds is 4. The van der Waals surface area contributed by atoms with E-state index in [0.717, 1.165) is 6.42 Å². The lowest BCUT2D eigenvalue weighted by atomic mass is 9.81. The number of carbonyl (C=O) groups is 1. The molecule has 1 unspecified atom stereocenters. The first-order valence-electron chi connectivity index (χ1n) is 5.69. The highest BCUT2D eigenvalue weighted by Gasteiger charge is 2.35. The molecule has 4 heteroatoms. The standard InChI is InChI=1S/C13H20O4/c1-8(7-14)5-13(3,4)6-10-11(15)9(2)17-12(10)16/h6,8,11,14-15H,2,5,7H2,1,3-4H3/b10-6+/t8?,11-/m1/s1. The summed E-state index contributed by atoms with van der Waals surface area (Å²) in [4.78, 5) is 11.5. The van der Waals surface area contributed by atoms with Crippen LogP contribution in [0.5, 0.6) is 0 Å². The fraction of sp³-hybridized carbons (Fsp3) is 0.615. The van der Waals surface area contributed by atoms with E-state index in [4.69, 9.17) is 9.84 Å². The molecule has 0 bridgehead atoms. The van der Waals surface area contributed by atoms with Crippen molar-refractivity contribution in [2.45, 2.75) is 33.3 Å². The minimum atomic E-state index is -1.04. The van der Waals surface area contributed by atoms with Crippen molar-refractivity contribution in [2.24, 2.45) is 11.3 Å². The third-order valence-electron chi connectivity index (χ3n) is 2.79. The summed E-state index contributed by atoms with van der Waals surface area (Å²) >= 11 is 0. The number of hydrogen-bond donors (Lipinski definition) is 2. The van der Waals surface area contributed by atoms with Crippen molar-refractivity contribution >= 4 is 5.97 Å². The van der Waals surface area contributed by atoms with Crippen LogP contribution in [0.2, 0.25) is 0 Å². The Kier molecular flexibility index (Phi) is 4.11. The van der Waals surface area contributed by atoms with Gasteiger partial charge in [0.1, 0.15) is 11.9 Å². The van der Waals surface area contributed by atoms with E-state index in [0.29, 0.717) is 0 Å². The molecule has 0 amide bonds. The van der Waals surface area contributed by atoms with Gasteiger partial charge in [0, 0.05) is 6.61 Å². The predicted molar refractivity (Wildman–Crippen MR) is 64.0 cm³/mol. The highest BCUT2D eigenvalue weighted by Crippen LogP contribution is 2.32. The SMILES string of the molecule is C=C1OC(=O)/C(=C/C(C)(C)CC(C)CO)[C@@H]1O. The van der Waals surface area contributed by atoms with E-state index in [-0.39, 0.29) is 29.3 Å². The average molecular weight is 240 g/mol. The average Bonchev–Trinajstić information content (AvgIpc) is 2.44. The number of aliphatic hydroxyl groups excluding tert-OH is 2. The van der Waals surface area contributed by atoms with E-state index in [2.05, 4.69) is 6.58 Å². The van der Waals surface area contributed by atoms with Gasteiger partial charge >= 0.3 is 5.97 Å². The summed E-state index contributed by atoms with van der Waals surface area (Å²) in [5, 5.41) is 18.7. The Bertz CT molecular complexity index is 354. The molecule has 2 atom stereocenters. The van der Waals surface area contributed by atoms with Gasteiger partial charge in [-0.1, -0.05) is 33.4 Å². The van der Waals surface area contributed by atoms with Crippen LogP contribution in [0.1, 0.15) is 27.2 Å². The van der Waals surface area contributed by atoms with Crippen molar-refractivity contribution in [3.63, 3.8) is 0 Å². The van der Waals surface area contributed by atoms with Gasteiger partial charge in [-0.2, -0.15) is 0 Å². The molecule has 0 radical (unpaired) electrons. The summed E-state index contributed by atoms with van der Waals surface area (Å²) in [6.45, 7) is 9.41. The summed E-state index contributed by atoms with van der Waals surface area (Å²) in [6, 6.07) is 0. The largest absolute Gasteiger partial charge is 0.425 e. The lowest BCUT2D eigenvalue weighted by Gasteiger charge is -2.24. The molecule has 1 saturated heterocycles. The Hall–Kier alpha value is -1.13. The van der Waals surface area contributed by atoms with E-state index < -0.39 is 12.1 Å². The van der Waals surface area contributed by atoms with Crippen LogP contribution in [0, 0.1) is 11.3 Å². The smallest absolute Gasteiger partial charge is 0.342 e. The summed E-state index contributed by atoms with van der Waals surface area (Å²) < 4.78 is 4.76. The summed E-state index contributed by atoms with van der Waals surface area (Å²) in [6.07, 6.45) is 1.40. The predicted octanol–water partition coefficient (Wildman–Crippen LogP) is 1.39. The van der Waals surface area contributed by atoms with Crippen molar-refractivity contribution in [1.82, 2.24) is 0 Å². The monoisotopic (exact) mass is 240 g/mol. The zero-order valence-electron chi connectivity index (χ0n) is 10.6. The third kappa shape index (κ3) is 3.41. The second kappa shape index (κ2) is 5.02. The van der Waals surface area contributed by atoms with Gasteiger partial charge in [0.15, 0.2) is 0 Å². The molecule has 0 aromatic rings. The zero-order valence-corrected chi connectivity index (χ0v) is 10.6. The van der Waals surface area contributed by atoms with Gasteiger partial charge in [-0.3, -0.25) is 0 Å². The van der Waals surface area contributed by atoms with Crippen LogP contribution in [-0.2, 0) is 9.53 Å². The van der Waals surface area contributed by atoms with Crippen LogP contribution in [0.4, 0.5) is 0 Å². The maximum absolute atomic E-state index is 11.5. The molecule has 96 valence electrons. The van der Waals surface area contributed by atoms with Gasteiger partial charge < -0.3 is 14.9 Å². The van der Waals surface area contributed by atoms with Crippen LogP contribution in [0.25, 0.3) is 0 Å². The quantitative estimate of drug-likeness (QED) is 0.575. The van der Waals surface area contributed by atoms with Gasteiger partial charge in [0.05, 0.1) is 5.57 Å². The summed E-state index contributed by atoms with van der Waals surface area (Å²) in [5.41, 5.74) is -0.0487. The number of aliphatic hydroxyl groups is 2.